The molecule has 0 unspecified atom stereocenters. The van der Waals surface area contributed by atoms with Gasteiger partial charge in [0.2, 0.25) is 5.76 Å². The number of anilines is 1. The van der Waals surface area contributed by atoms with Crippen LogP contribution in [0.2, 0.25) is 0 Å². The fraction of sp³-hybridized carbons (Fsp3) is 0.231. The molecular weight excluding hydrogens is 232 g/mol. The van der Waals surface area contributed by atoms with E-state index >= 15 is 0 Å². The van der Waals surface area contributed by atoms with Crippen molar-refractivity contribution in [2.45, 2.75) is 13.5 Å². The van der Waals surface area contributed by atoms with Gasteiger partial charge in [0.05, 0.1) is 19.3 Å². The van der Waals surface area contributed by atoms with Gasteiger partial charge in [0.1, 0.15) is 5.76 Å². The third kappa shape index (κ3) is 2.88. The molecule has 0 radical (unpaired) electrons. The fourth-order valence-electron chi connectivity index (χ4n) is 1.52. The molecule has 2 aromatic rings. The van der Waals surface area contributed by atoms with Gasteiger partial charge in [-0.15, -0.1) is 0 Å². The van der Waals surface area contributed by atoms with Crippen molar-refractivity contribution in [2.24, 2.45) is 0 Å². The molecule has 94 valence electrons. The topological polar surface area (TPSA) is 64.4 Å². The summed E-state index contributed by atoms with van der Waals surface area (Å²) in [6, 6.07) is 5.32. The number of nitrogens with one attached hydrogen (secondary N) is 1. The summed E-state index contributed by atoms with van der Waals surface area (Å²) in [6.07, 6.45) is 3.52. The lowest BCUT2D eigenvalue weighted by Gasteiger charge is -2.04. The number of aromatic nitrogens is 1. The monoisotopic (exact) mass is 246 g/mol. The van der Waals surface area contributed by atoms with Gasteiger partial charge in [0, 0.05) is 12.4 Å². The summed E-state index contributed by atoms with van der Waals surface area (Å²) in [5.74, 6) is 0.395. The van der Waals surface area contributed by atoms with E-state index in [2.05, 4.69) is 15.0 Å². The number of carbonyl (C=O) groups excluding carboxylic acids is 1. The minimum absolute atomic E-state index is 0.205. The van der Waals surface area contributed by atoms with Gasteiger partial charge in [0.15, 0.2) is 0 Å². The Hall–Kier alpha value is -2.30. The minimum Gasteiger partial charge on any atom is -0.463 e. The van der Waals surface area contributed by atoms with Crippen LogP contribution in [-0.2, 0) is 11.3 Å². The normalized spacial score (nSPS) is 10.1. The van der Waals surface area contributed by atoms with E-state index in [1.807, 2.05) is 13.0 Å². The molecule has 2 rings (SSSR count). The second-order valence-electron chi connectivity index (χ2n) is 3.86. The SMILES string of the molecule is COC(=O)c1ccc(CNc2cncc(C)c2)o1. The zero-order chi connectivity index (χ0) is 13.0. The molecule has 0 aliphatic carbocycles. The van der Waals surface area contributed by atoms with Gasteiger partial charge in [-0.05, 0) is 30.7 Å². The Morgan fingerprint density at radius 3 is 3.00 bits per heavy atom. The molecule has 0 bridgehead atoms. The average Bonchev–Trinajstić information content (AvgIpc) is 2.84. The van der Waals surface area contributed by atoms with Crippen molar-refractivity contribution in [3.63, 3.8) is 0 Å². The van der Waals surface area contributed by atoms with Crippen LogP contribution in [0, 0.1) is 6.92 Å². The molecule has 0 atom stereocenters. The number of hydrogen-bond donors (Lipinski definition) is 1. The number of ether oxygens (including phenoxy) is 1. The summed E-state index contributed by atoms with van der Waals surface area (Å²) in [5, 5.41) is 3.16. The fourth-order valence-corrected chi connectivity index (χ4v) is 1.52. The van der Waals surface area contributed by atoms with Gasteiger partial charge in [-0.25, -0.2) is 4.79 Å². The maximum Gasteiger partial charge on any atom is 0.373 e. The van der Waals surface area contributed by atoms with Crippen molar-refractivity contribution in [2.75, 3.05) is 12.4 Å². The maximum absolute atomic E-state index is 11.2. The highest BCUT2D eigenvalue weighted by atomic mass is 16.5. The first-order valence-corrected chi connectivity index (χ1v) is 5.51. The lowest BCUT2D eigenvalue weighted by Crippen LogP contribution is -2.00. The molecule has 5 nitrogen and oxygen atoms in total. The molecule has 1 N–H and O–H groups in total. The van der Waals surface area contributed by atoms with Crippen molar-refractivity contribution in [3.8, 4) is 0 Å². The number of esters is 1. The number of nitrogens with zero attached hydrogens (tertiary/aromatic N) is 1. The number of hydrogen-bond acceptors (Lipinski definition) is 5. The first-order chi connectivity index (χ1) is 8.69. The minimum atomic E-state index is -0.474. The highest BCUT2D eigenvalue weighted by molar-refractivity contribution is 5.86. The number of carbonyl (C=O) groups is 1. The molecule has 0 saturated carbocycles. The molecule has 0 spiro atoms. The Morgan fingerprint density at radius 2 is 2.28 bits per heavy atom. The molecule has 0 aliphatic rings. The van der Waals surface area contributed by atoms with E-state index in [1.54, 1.807) is 24.5 Å². The van der Waals surface area contributed by atoms with Gasteiger partial charge >= 0.3 is 5.97 Å². The summed E-state index contributed by atoms with van der Waals surface area (Å²) < 4.78 is 9.90. The van der Waals surface area contributed by atoms with Crippen LogP contribution < -0.4 is 5.32 Å². The molecule has 2 heterocycles. The third-order valence-corrected chi connectivity index (χ3v) is 2.39. The number of furan rings is 1. The van der Waals surface area contributed by atoms with Crippen LogP contribution >= 0.6 is 0 Å². The molecule has 0 aliphatic heterocycles. The molecule has 5 heteroatoms. The summed E-state index contributed by atoms with van der Waals surface area (Å²) in [7, 11) is 1.32. The maximum atomic E-state index is 11.2. The Kier molecular flexibility index (Phi) is 3.62. The number of pyridine rings is 1. The van der Waals surface area contributed by atoms with Crippen LogP contribution in [0.4, 0.5) is 5.69 Å². The lowest BCUT2D eigenvalue weighted by atomic mass is 10.3. The molecular formula is C13H14N2O3. The summed E-state index contributed by atoms with van der Waals surface area (Å²) in [6.45, 7) is 2.46. The van der Waals surface area contributed by atoms with Crippen LogP contribution in [0.25, 0.3) is 0 Å². The average molecular weight is 246 g/mol. The molecule has 0 aromatic carbocycles. The number of aryl methyl sites for hydroxylation is 1. The second-order valence-corrected chi connectivity index (χ2v) is 3.86. The standard InChI is InChI=1S/C13H14N2O3/c1-9-5-10(7-14-6-9)15-8-11-3-4-12(18-11)13(16)17-2/h3-7,15H,8H2,1-2H3. The Balaban J connectivity index is 1.98. The molecule has 0 amide bonds. The van der Waals surface area contributed by atoms with Crippen LogP contribution in [0.15, 0.2) is 35.0 Å². The first-order valence-electron chi connectivity index (χ1n) is 5.51. The van der Waals surface area contributed by atoms with Crippen molar-refractivity contribution in [1.82, 2.24) is 4.98 Å². The Morgan fingerprint density at radius 1 is 1.44 bits per heavy atom. The van der Waals surface area contributed by atoms with E-state index in [0.717, 1.165) is 11.3 Å². The second kappa shape index (κ2) is 5.35. The largest absolute Gasteiger partial charge is 0.463 e. The quantitative estimate of drug-likeness (QED) is 0.839. The summed E-state index contributed by atoms with van der Waals surface area (Å²) in [5.41, 5.74) is 1.99. The van der Waals surface area contributed by atoms with Crippen LogP contribution in [0.1, 0.15) is 21.9 Å². The van der Waals surface area contributed by atoms with E-state index in [4.69, 9.17) is 4.42 Å². The summed E-state index contributed by atoms with van der Waals surface area (Å²) in [4.78, 5) is 15.3. The van der Waals surface area contributed by atoms with Crippen LogP contribution in [0.5, 0.6) is 0 Å². The van der Waals surface area contributed by atoms with E-state index in [0.29, 0.717) is 12.3 Å². The van der Waals surface area contributed by atoms with Gasteiger partial charge in [0.25, 0.3) is 0 Å². The highest BCUT2D eigenvalue weighted by Gasteiger charge is 2.10. The lowest BCUT2D eigenvalue weighted by molar-refractivity contribution is 0.0563. The zero-order valence-electron chi connectivity index (χ0n) is 10.3. The molecule has 0 saturated heterocycles. The van der Waals surface area contributed by atoms with Gasteiger partial charge in [-0.2, -0.15) is 0 Å². The van der Waals surface area contributed by atoms with Crippen molar-refractivity contribution in [3.05, 3.63) is 47.7 Å². The van der Waals surface area contributed by atoms with Crippen molar-refractivity contribution in [1.29, 1.82) is 0 Å². The van der Waals surface area contributed by atoms with Crippen molar-refractivity contribution < 1.29 is 13.9 Å². The Labute approximate surface area is 105 Å². The van der Waals surface area contributed by atoms with Crippen LogP contribution in [0.3, 0.4) is 0 Å². The first kappa shape index (κ1) is 12.2. The van der Waals surface area contributed by atoms with Gasteiger partial charge < -0.3 is 14.5 Å². The molecule has 0 fully saturated rings. The van der Waals surface area contributed by atoms with Gasteiger partial charge in [-0.3, -0.25) is 4.98 Å². The molecule has 2 aromatic heterocycles. The zero-order valence-corrected chi connectivity index (χ0v) is 10.3. The van der Waals surface area contributed by atoms with E-state index in [1.165, 1.54) is 7.11 Å². The predicted octanol–water partition coefficient (Wildman–Crippen LogP) is 2.38. The number of methoxy groups -OCH3 is 1. The van der Waals surface area contributed by atoms with Crippen LogP contribution in [-0.4, -0.2) is 18.1 Å². The highest BCUT2D eigenvalue weighted by Crippen LogP contribution is 2.12. The summed E-state index contributed by atoms with van der Waals surface area (Å²) >= 11 is 0. The predicted molar refractivity (Wildman–Crippen MR) is 66.3 cm³/mol. The van der Waals surface area contributed by atoms with E-state index in [9.17, 15) is 4.79 Å². The number of rotatable bonds is 4. The Bertz CT molecular complexity index is 549. The third-order valence-electron chi connectivity index (χ3n) is 2.39. The van der Waals surface area contributed by atoms with E-state index < -0.39 is 5.97 Å². The van der Waals surface area contributed by atoms with E-state index in [-0.39, 0.29) is 5.76 Å². The molecule has 18 heavy (non-hydrogen) atoms. The smallest absolute Gasteiger partial charge is 0.373 e. The van der Waals surface area contributed by atoms with Crippen molar-refractivity contribution >= 4 is 11.7 Å². The van der Waals surface area contributed by atoms with Gasteiger partial charge in [-0.1, -0.05) is 0 Å².